The first-order chi connectivity index (χ1) is 12.5. The summed E-state index contributed by atoms with van der Waals surface area (Å²) in [5, 5.41) is 3.06. The first kappa shape index (κ1) is 20.0. The molecule has 2 unspecified atom stereocenters. The summed E-state index contributed by atoms with van der Waals surface area (Å²) in [6.07, 6.45) is 1.10. The zero-order valence-electron chi connectivity index (χ0n) is 15.9. The van der Waals surface area contributed by atoms with Gasteiger partial charge >= 0.3 is 0 Å². The molecule has 0 saturated carbocycles. The van der Waals surface area contributed by atoms with Gasteiger partial charge in [-0.05, 0) is 36.1 Å². The summed E-state index contributed by atoms with van der Waals surface area (Å²) in [4.78, 5) is 12.6. The number of amides is 1. The van der Waals surface area contributed by atoms with E-state index in [2.05, 4.69) is 19.2 Å². The van der Waals surface area contributed by atoms with E-state index >= 15 is 0 Å². The van der Waals surface area contributed by atoms with E-state index in [0.717, 1.165) is 23.3 Å². The van der Waals surface area contributed by atoms with Gasteiger partial charge in [-0.1, -0.05) is 62.7 Å². The maximum atomic E-state index is 12.6. The lowest BCUT2D eigenvalue weighted by Crippen LogP contribution is -2.35. The SMILES string of the molecule is CCC(C)COc1ccc([C@H](CN)NC(=O)C(C)c2ccccc2)cc1. The Morgan fingerprint density at radius 2 is 1.69 bits per heavy atom. The van der Waals surface area contributed by atoms with Crippen LogP contribution in [-0.4, -0.2) is 19.1 Å². The fraction of sp³-hybridized carbons (Fsp3) is 0.409. The molecule has 26 heavy (non-hydrogen) atoms. The molecule has 140 valence electrons. The molecule has 0 saturated heterocycles. The largest absolute Gasteiger partial charge is 0.493 e. The Morgan fingerprint density at radius 3 is 2.27 bits per heavy atom. The van der Waals surface area contributed by atoms with Gasteiger partial charge in [0.1, 0.15) is 5.75 Å². The van der Waals surface area contributed by atoms with E-state index in [1.807, 2.05) is 61.5 Å². The molecule has 1 amide bonds. The fourth-order valence-corrected chi connectivity index (χ4v) is 2.62. The normalized spacial score (nSPS) is 14.3. The highest BCUT2D eigenvalue weighted by Crippen LogP contribution is 2.20. The Kier molecular flexibility index (Phi) is 7.67. The van der Waals surface area contributed by atoms with Crippen LogP contribution in [0.25, 0.3) is 0 Å². The van der Waals surface area contributed by atoms with E-state index in [0.29, 0.717) is 19.1 Å². The van der Waals surface area contributed by atoms with Crippen molar-refractivity contribution in [1.82, 2.24) is 5.32 Å². The first-order valence-electron chi connectivity index (χ1n) is 9.33. The van der Waals surface area contributed by atoms with Gasteiger partial charge in [-0.2, -0.15) is 0 Å². The molecular weight excluding hydrogens is 324 g/mol. The molecule has 3 N–H and O–H groups in total. The zero-order chi connectivity index (χ0) is 18.9. The Labute approximate surface area is 156 Å². The summed E-state index contributed by atoms with van der Waals surface area (Å²) in [5.74, 6) is 1.13. The van der Waals surface area contributed by atoms with Crippen molar-refractivity contribution < 1.29 is 9.53 Å². The standard InChI is InChI=1S/C22H30N2O2/c1-4-16(2)15-26-20-12-10-19(11-13-20)21(14-23)24-22(25)17(3)18-8-6-5-7-9-18/h5-13,16-17,21H,4,14-15,23H2,1-3H3,(H,24,25)/t16?,17?,21-/m0/s1. The second-order valence-electron chi connectivity index (χ2n) is 6.82. The Morgan fingerprint density at radius 1 is 1.04 bits per heavy atom. The van der Waals surface area contributed by atoms with Crippen molar-refractivity contribution in [2.24, 2.45) is 11.7 Å². The van der Waals surface area contributed by atoms with Gasteiger partial charge in [0, 0.05) is 6.54 Å². The van der Waals surface area contributed by atoms with Gasteiger partial charge in [0.15, 0.2) is 0 Å². The van der Waals surface area contributed by atoms with Crippen LogP contribution in [0.2, 0.25) is 0 Å². The molecule has 4 nitrogen and oxygen atoms in total. The predicted molar refractivity (Wildman–Crippen MR) is 106 cm³/mol. The van der Waals surface area contributed by atoms with Gasteiger partial charge in [-0.15, -0.1) is 0 Å². The molecule has 0 aliphatic heterocycles. The third-order valence-corrected chi connectivity index (χ3v) is 4.76. The number of hydrogen-bond acceptors (Lipinski definition) is 3. The van der Waals surface area contributed by atoms with Crippen LogP contribution >= 0.6 is 0 Å². The molecule has 0 aliphatic carbocycles. The average molecular weight is 354 g/mol. The number of ether oxygens (including phenoxy) is 1. The molecule has 3 atom stereocenters. The Hall–Kier alpha value is -2.33. The topological polar surface area (TPSA) is 64.3 Å². The summed E-state index contributed by atoms with van der Waals surface area (Å²) >= 11 is 0. The second-order valence-corrected chi connectivity index (χ2v) is 6.82. The van der Waals surface area contributed by atoms with Gasteiger partial charge in [0.25, 0.3) is 0 Å². The van der Waals surface area contributed by atoms with Crippen molar-refractivity contribution in [3.8, 4) is 5.75 Å². The van der Waals surface area contributed by atoms with Crippen LogP contribution in [-0.2, 0) is 4.79 Å². The Balaban J connectivity index is 1.98. The number of nitrogens with one attached hydrogen (secondary N) is 1. The molecule has 2 aromatic rings. The highest BCUT2D eigenvalue weighted by atomic mass is 16.5. The van der Waals surface area contributed by atoms with Gasteiger partial charge in [0.2, 0.25) is 5.91 Å². The fourth-order valence-electron chi connectivity index (χ4n) is 2.62. The first-order valence-corrected chi connectivity index (χ1v) is 9.33. The quantitative estimate of drug-likeness (QED) is 0.714. The summed E-state index contributed by atoms with van der Waals surface area (Å²) < 4.78 is 5.79. The van der Waals surface area contributed by atoms with Gasteiger partial charge in [0.05, 0.1) is 18.6 Å². The number of benzene rings is 2. The smallest absolute Gasteiger partial charge is 0.227 e. The molecule has 0 aromatic heterocycles. The highest BCUT2D eigenvalue weighted by Gasteiger charge is 2.19. The van der Waals surface area contributed by atoms with Gasteiger partial charge in [-0.25, -0.2) is 0 Å². The van der Waals surface area contributed by atoms with Crippen molar-refractivity contribution in [1.29, 1.82) is 0 Å². The lowest BCUT2D eigenvalue weighted by molar-refractivity contribution is -0.122. The summed E-state index contributed by atoms with van der Waals surface area (Å²) in [6, 6.07) is 17.4. The monoisotopic (exact) mass is 354 g/mol. The Bertz CT molecular complexity index is 670. The summed E-state index contributed by atoms with van der Waals surface area (Å²) in [7, 11) is 0. The van der Waals surface area contributed by atoms with Crippen molar-refractivity contribution >= 4 is 5.91 Å². The third kappa shape index (κ3) is 5.60. The molecule has 2 aromatic carbocycles. The van der Waals surface area contributed by atoms with Crippen molar-refractivity contribution in [3.05, 3.63) is 65.7 Å². The van der Waals surface area contributed by atoms with E-state index in [-0.39, 0.29) is 17.9 Å². The number of hydrogen-bond donors (Lipinski definition) is 2. The maximum Gasteiger partial charge on any atom is 0.227 e. The molecule has 2 rings (SSSR count). The predicted octanol–water partition coefficient (Wildman–Crippen LogP) is 4.03. The van der Waals surface area contributed by atoms with Crippen LogP contribution in [0.15, 0.2) is 54.6 Å². The minimum atomic E-state index is -0.219. The van der Waals surface area contributed by atoms with Crippen LogP contribution in [0.5, 0.6) is 5.75 Å². The highest BCUT2D eigenvalue weighted by molar-refractivity contribution is 5.83. The minimum absolute atomic E-state index is 0.0243. The molecule has 0 spiro atoms. The van der Waals surface area contributed by atoms with Crippen LogP contribution in [0.1, 0.15) is 50.3 Å². The molecule has 0 radical (unpaired) electrons. The lowest BCUT2D eigenvalue weighted by Gasteiger charge is -2.21. The second kappa shape index (κ2) is 9.97. The van der Waals surface area contributed by atoms with Gasteiger partial charge in [-0.3, -0.25) is 4.79 Å². The molecule has 0 aliphatic rings. The van der Waals surface area contributed by atoms with E-state index < -0.39 is 0 Å². The van der Waals surface area contributed by atoms with E-state index in [4.69, 9.17) is 10.5 Å². The molecular formula is C22H30N2O2. The molecule has 0 bridgehead atoms. The van der Waals surface area contributed by atoms with Crippen LogP contribution < -0.4 is 15.8 Å². The number of rotatable bonds is 9. The molecule has 0 fully saturated rings. The van der Waals surface area contributed by atoms with E-state index in [1.165, 1.54) is 0 Å². The number of carbonyl (C=O) groups excluding carboxylic acids is 1. The molecule has 0 heterocycles. The van der Waals surface area contributed by atoms with Crippen LogP contribution in [0, 0.1) is 5.92 Å². The van der Waals surface area contributed by atoms with Crippen LogP contribution in [0.4, 0.5) is 0 Å². The van der Waals surface area contributed by atoms with Crippen molar-refractivity contribution in [2.75, 3.05) is 13.2 Å². The number of carbonyl (C=O) groups is 1. The minimum Gasteiger partial charge on any atom is -0.493 e. The maximum absolute atomic E-state index is 12.6. The van der Waals surface area contributed by atoms with Gasteiger partial charge < -0.3 is 15.8 Å². The van der Waals surface area contributed by atoms with Crippen LogP contribution in [0.3, 0.4) is 0 Å². The lowest BCUT2D eigenvalue weighted by atomic mass is 9.99. The van der Waals surface area contributed by atoms with Crippen molar-refractivity contribution in [3.63, 3.8) is 0 Å². The van der Waals surface area contributed by atoms with E-state index in [1.54, 1.807) is 0 Å². The average Bonchev–Trinajstić information content (AvgIpc) is 2.70. The summed E-state index contributed by atoms with van der Waals surface area (Å²) in [5.41, 5.74) is 7.88. The zero-order valence-corrected chi connectivity index (χ0v) is 15.9. The number of nitrogens with two attached hydrogens (primary N) is 1. The third-order valence-electron chi connectivity index (χ3n) is 4.76. The molecule has 4 heteroatoms. The van der Waals surface area contributed by atoms with Crippen molar-refractivity contribution in [2.45, 2.75) is 39.2 Å². The summed E-state index contributed by atoms with van der Waals surface area (Å²) in [6.45, 7) is 7.29. The van der Waals surface area contributed by atoms with E-state index in [9.17, 15) is 4.79 Å².